The van der Waals surface area contributed by atoms with E-state index in [0.717, 1.165) is 6.07 Å². The number of rotatable bonds is 2. The van der Waals surface area contributed by atoms with Crippen molar-refractivity contribution >= 4 is 15.9 Å². The fourth-order valence-electron chi connectivity index (χ4n) is 1.32. The minimum Gasteiger partial charge on any atom is -0.494 e. The summed E-state index contributed by atoms with van der Waals surface area (Å²) in [4.78, 5) is 3.73. The topological polar surface area (TPSA) is 71.6 Å². The van der Waals surface area contributed by atoms with Gasteiger partial charge in [-0.25, -0.2) is 4.98 Å². The fraction of sp³-hybridized carbons (Fsp3) is 0.375. The van der Waals surface area contributed by atoms with E-state index in [1.165, 1.54) is 13.2 Å². The van der Waals surface area contributed by atoms with Crippen molar-refractivity contribution in [3.8, 4) is 5.75 Å². The summed E-state index contributed by atoms with van der Waals surface area (Å²) in [6, 6.07) is 2.43. The molecule has 1 aliphatic heterocycles. The molecular formula is C8H5BrF3N5O. The molecule has 1 aliphatic rings. The Bertz CT molecular complexity index is 518. The average molecular weight is 324 g/mol. The Labute approximate surface area is 107 Å². The molecule has 2 rings (SSSR count). The SMILES string of the molecule is COc1ccc(C2(C(F)(F)F)N=NN=N2)nc1Br. The number of nitrogens with zero attached hydrogens (tertiary/aromatic N) is 5. The second-order valence-electron chi connectivity index (χ2n) is 3.24. The Kier molecular flexibility index (Phi) is 3.05. The Morgan fingerprint density at radius 3 is 2.28 bits per heavy atom. The van der Waals surface area contributed by atoms with Gasteiger partial charge in [0.2, 0.25) is 0 Å². The van der Waals surface area contributed by atoms with Gasteiger partial charge in [0.15, 0.2) is 5.75 Å². The Morgan fingerprint density at radius 2 is 1.83 bits per heavy atom. The zero-order chi connectivity index (χ0) is 13.4. The molecule has 96 valence electrons. The van der Waals surface area contributed by atoms with E-state index < -0.39 is 17.5 Å². The lowest BCUT2D eigenvalue weighted by Gasteiger charge is -2.22. The van der Waals surface area contributed by atoms with Crippen LogP contribution < -0.4 is 4.74 Å². The van der Waals surface area contributed by atoms with Gasteiger partial charge in [-0.3, -0.25) is 0 Å². The van der Waals surface area contributed by atoms with Gasteiger partial charge in [0, 0.05) is 0 Å². The quantitative estimate of drug-likeness (QED) is 0.782. The first kappa shape index (κ1) is 12.9. The number of ether oxygens (including phenoxy) is 1. The maximum atomic E-state index is 13.0. The molecule has 0 atom stereocenters. The summed E-state index contributed by atoms with van der Waals surface area (Å²) in [6.45, 7) is 0. The minimum atomic E-state index is -4.78. The first-order chi connectivity index (χ1) is 8.40. The summed E-state index contributed by atoms with van der Waals surface area (Å²) < 4.78 is 44.1. The van der Waals surface area contributed by atoms with Crippen molar-refractivity contribution in [2.45, 2.75) is 11.8 Å². The van der Waals surface area contributed by atoms with Gasteiger partial charge in [-0.15, -0.1) is 10.2 Å². The number of aromatic nitrogens is 1. The highest BCUT2D eigenvalue weighted by Gasteiger charge is 2.61. The molecule has 18 heavy (non-hydrogen) atoms. The van der Waals surface area contributed by atoms with Crippen LogP contribution in [0, 0.1) is 0 Å². The van der Waals surface area contributed by atoms with E-state index in [1.54, 1.807) is 0 Å². The summed E-state index contributed by atoms with van der Waals surface area (Å²) in [5.74, 6) is 0.294. The third-order valence-electron chi connectivity index (χ3n) is 2.21. The second-order valence-corrected chi connectivity index (χ2v) is 3.99. The van der Waals surface area contributed by atoms with Crippen LogP contribution in [0.15, 0.2) is 37.4 Å². The zero-order valence-electron chi connectivity index (χ0n) is 8.81. The van der Waals surface area contributed by atoms with E-state index in [4.69, 9.17) is 4.74 Å². The van der Waals surface area contributed by atoms with Crippen LogP contribution in [0.3, 0.4) is 0 Å². The summed E-state index contributed by atoms with van der Waals surface area (Å²) in [6.07, 6.45) is -4.78. The number of alkyl halides is 3. The van der Waals surface area contributed by atoms with Crippen molar-refractivity contribution in [3.05, 3.63) is 22.4 Å². The highest BCUT2D eigenvalue weighted by molar-refractivity contribution is 9.10. The lowest BCUT2D eigenvalue weighted by atomic mass is 10.1. The smallest absolute Gasteiger partial charge is 0.444 e. The standard InChI is InChI=1S/C8H5BrF3N5O/c1-18-4-2-3-5(13-6(4)9)7(8(10,11)12)14-16-17-15-7/h2-3H,1H3. The molecule has 10 heteroatoms. The number of halogens is 4. The number of pyridine rings is 1. The van der Waals surface area contributed by atoms with Crippen molar-refractivity contribution < 1.29 is 17.9 Å². The molecule has 0 amide bonds. The maximum Gasteiger partial charge on any atom is 0.444 e. The van der Waals surface area contributed by atoms with Gasteiger partial charge in [-0.1, -0.05) is 0 Å². The molecule has 1 aromatic heterocycles. The highest BCUT2D eigenvalue weighted by Crippen LogP contribution is 2.46. The van der Waals surface area contributed by atoms with E-state index >= 15 is 0 Å². The third kappa shape index (κ3) is 1.85. The van der Waals surface area contributed by atoms with Gasteiger partial charge in [0.1, 0.15) is 10.3 Å². The zero-order valence-corrected chi connectivity index (χ0v) is 10.4. The van der Waals surface area contributed by atoms with Crippen molar-refractivity contribution in [2.75, 3.05) is 7.11 Å². The Hall–Kier alpha value is -1.58. The second kappa shape index (κ2) is 4.26. The van der Waals surface area contributed by atoms with Crippen molar-refractivity contribution in [1.29, 1.82) is 0 Å². The summed E-state index contributed by atoms with van der Waals surface area (Å²) in [5.41, 5.74) is -3.31. The lowest BCUT2D eigenvalue weighted by molar-refractivity contribution is -0.188. The summed E-state index contributed by atoms with van der Waals surface area (Å²) in [7, 11) is 1.37. The molecule has 0 aliphatic carbocycles. The summed E-state index contributed by atoms with van der Waals surface area (Å²) in [5, 5.41) is 12.0. The minimum absolute atomic E-state index is 0.114. The normalized spacial score (nSPS) is 17.2. The predicted molar refractivity (Wildman–Crippen MR) is 55.9 cm³/mol. The molecule has 0 bridgehead atoms. The third-order valence-corrected chi connectivity index (χ3v) is 2.77. The number of hydrogen-bond donors (Lipinski definition) is 0. The van der Waals surface area contributed by atoms with Gasteiger partial charge in [-0.05, 0) is 38.5 Å². The molecule has 2 heterocycles. The molecule has 0 fully saturated rings. The first-order valence-corrected chi connectivity index (χ1v) is 5.32. The highest BCUT2D eigenvalue weighted by atomic mass is 79.9. The fourth-order valence-corrected chi connectivity index (χ4v) is 1.80. The van der Waals surface area contributed by atoms with Gasteiger partial charge >= 0.3 is 11.8 Å². The maximum absolute atomic E-state index is 13.0. The van der Waals surface area contributed by atoms with Crippen molar-refractivity contribution in [2.24, 2.45) is 20.7 Å². The molecule has 0 unspecified atom stereocenters. The molecule has 6 nitrogen and oxygen atoms in total. The van der Waals surface area contributed by atoms with Gasteiger partial charge in [0.25, 0.3) is 0 Å². The largest absolute Gasteiger partial charge is 0.494 e. The van der Waals surface area contributed by atoms with Crippen molar-refractivity contribution in [3.63, 3.8) is 0 Å². The molecule has 0 N–H and O–H groups in total. The van der Waals surface area contributed by atoms with Crippen LogP contribution in [0.1, 0.15) is 5.69 Å². The molecule has 1 aromatic rings. The molecular weight excluding hydrogens is 319 g/mol. The van der Waals surface area contributed by atoms with Crippen LogP contribution in [0.25, 0.3) is 0 Å². The van der Waals surface area contributed by atoms with Gasteiger partial charge in [0.05, 0.1) is 7.11 Å². The summed E-state index contributed by atoms with van der Waals surface area (Å²) >= 11 is 3.00. The van der Waals surface area contributed by atoms with Gasteiger partial charge in [-0.2, -0.15) is 13.2 Å². The number of methoxy groups -OCH3 is 1. The monoisotopic (exact) mass is 323 g/mol. The van der Waals surface area contributed by atoms with Crippen molar-refractivity contribution in [1.82, 2.24) is 4.98 Å². The predicted octanol–water partition coefficient (Wildman–Crippen LogP) is 3.40. The van der Waals surface area contributed by atoms with Crippen LogP contribution in [0.5, 0.6) is 5.75 Å². The van der Waals surface area contributed by atoms with E-state index in [1.807, 2.05) is 0 Å². The first-order valence-electron chi connectivity index (χ1n) is 4.52. The molecule has 0 aromatic carbocycles. The van der Waals surface area contributed by atoms with Crippen LogP contribution in [0.4, 0.5) is 13.2 Å². The Morgan fingerprint density at radius 1 is 1.22 bits per heavy atom. The van der Waals surface area contributed by atoms with E-state index in [0.29, 0.717) is 5.75 Å². The molecule has 0 spiro atoms. The van der Waals surface area contributed by atoms with E-state index in [2.05, 4.69) is 41.6 Å². The van der Waals surface area contributed by atoms with Gasteiger partial charge < -0.3 is 4.74 Å². The molecule has 0 radical (unpaired) electrons. The molecule has 0 saturated carbocycles. The van der Waals surface area contributed by atoms with Crippen LogP contribution in [-0.4, -0.2) is 18.3 Å². The Balaban J connectivity index is 2.55. The van der Waals surface area contributed by atoms with Crippen LogP contribution in [-0.2, 0) is 5.66 Å². The van der Waals surface area contributed by atoms with E-state index in [9.17, 15) is 13.2 Å². The van der Waals surface area contributed by atoms with Crippen LogP contribution in [0.2, 0.25) is 0 Å². The molecule has 0 saturated heterocycles. The lowest BCUT2D eigenvalue weighted by Crippen LogP contribution is -2.38. The average Bonchev–Trinajstić information content (AvgIpc) is 2.78. The number of hydrogen-bond acceptors (Lipinski definition) is 6. The van der Waals surface area contributed by atoms with Crippen LogP contribution >= 0.6 is 15.9 Å². The van der Waals surface area contributed by atoms with E-state index in [-0.39, 0.29) is 4.60 Å².